The standard InChI is InChI=1S/C21H13FN6/c22-17-12-25-8-5-15(17)16-9-18-21(27-19(16)13-3-1-6-23-10-13)28-20(26-18)14-4-2-7-24-11-14/h1-12H,(H,26,27,28). The number of halogens is 1. The van der Waals surface area contributed by atoms with Gasteiger partial charge in [0.1, 0.15) is 17.2 Å². The van der Waals surface area contributed by atoms with E-state index in [1.807, 2.05) is 30.3 Å². The number of imidazole rings is 1. The fraction of sp³-hybridized carbons (Fsp3) is 0. The van der Waals surface area contributed by atoms with Gasteiger partial charge in [0.2, 0.25) is 0 Å². The Morgan fingerprint density at radius 1 is 0.750 bits per heavy atom. The maximum Gasteiger partial charge on any atom is 0.158 e. The van der Waals surface area contributed by atoms with Crippen molar-refractivity contribution in [1.82, 2.24) is 29.9 Å². The van der Waals surface area contributed by atoms with E-state index < -0.39 is 5.82 Å². The lowest BCUT2D eigenvalue weighted by Gasteiger charge is -2.09. The third-order valence-electron chi connectivity index (χ3n) is 4.40. The molecule has 28 heavy (non-hydrogen) atoms. The van der Waals surface area contributed by atoms with E-state index in [1.54, 1.807) is 37.1 Å². The van der Waals surface area contributed by atoms with Crippen molar-refractivity contribution in [3.8, 4) is 33.8 Å². The first-order chi connectivity index (χ1) is 13.8. The first-order valence-corrected chi connectivity index (χ1v) is 8.61. The van der Waals surface area contributed by atoms with Gasteiger partial charge >= 0.3 is 0 Å². The first-order valence-electron chi connectivity index (χ1n) is 8.61. The van der Waals surface area contributed by atoms with Gasteiger partial charge in [-0.3, -0.25) is 15.0 Å². The van der Waals surface area contributed by atoms with Crippen LogP contribution in [0, 0.1) is 5.82 Å². The predicted octanol–water partition coefficient (Wildman–Crippen LogP) is 4.28. The van der Waals surface area contributed by atoms with E-state index in [0.29, 0.717) is 33.8 Å². The molecule has 0 saturated carbocycles. The molecule has 0 aliphatic heterocycles. The average molecular weight is 368 g/mol. The second-order valence-electron chi connectivity index (χ2n) is 6.18. The van der Waals surface area contributed by atoms with Gasteiger partial charge in [0, 0.05) is 53.2 Å². The molecule has 5 heterocycles. The molecule has 0 spiro atoms. The van der Waals surface area contributed by atoms with Gasteiger partial charge in [0.15, 0.2) is 5.65 Å². The molecule has 0 unspecified atom stereocenters. The van der Waals surface area contributed by atoms with Gasteiger partial charge in [-0.05, 0) is 36.4 Å². The van der Waals surface area contributed by atoms with Crippen LogP contribution in [-0.2, 0) is 0 Å². The van der Waals surface area contributed by atoms with Gasteiger partial charge in [-0.1, -0.05) is 0 Å². The van der Waals surface area contributed by atoms with Crippen LogP contribution in [0.3, 0.4) is 0 Å². The Balaban J connectivity index is 1.78. The van der Waals surface area contributed by atoms with E-state index in [4.69, 9.17) is 4.98 Å². The van der Waals surface area contributed by atoms with Crippen LogP contribution < -0.4 is 0 Å². The molecule has 0 fully saturated rings. The van der Waals surface area contributed by atoms with Crippen molar-refractivity contribution in [2.75, 3.05) is 0 Å². The molecule has 0 saturated heterocycles. The fourth-order valence-corrected chi connectivity index (χ4v) is 3.10. The fourth-order valence-electron chi connectivity index (χ4n) is 3.10. The number of pyridine rings is 4. The predicted molar refractivity (Wildman–Crippen MR) is 104 cm³/mol. The largest absolute Gasteiger partial charge is 0.323 e. The Morgan fingerprint density at radius 2 is 1.50 bits per heavy atom. The average Bonchev–Trinajstić information content (AvgIpc) is 3.18. The van der Waals surface area contributed by atoms with Crippen molar-refractivity contribution in [1.29, 1.82) is 0 Å². The van der Waals surface area contributed by atoms with Gasteiger partial charge in [0.05, 0.1) is 11.9 Å². The van der Waals surface area contributed by atoms with Crippen LogP contribution in [0.25, 0.3) is 44.9 Å². The molecule has 5 aromatic heterocycles. The topological polar surface area (TPSA) is 80.2 Å². The van der Waals surface area contributed by atoms with Crippen LogP contribution in [0.1, 0.15) is 0 Å². The summed E-state index contributed by atoms with van der Waals surface area (Å²) in [5.41, 5.74) is 4.53. The van der Waals surface area contributed by atoms with Crippen LogP contribution in [0.15, 0.2) is 73.6 Å². The molecule has 0 bridgehead atoms. The zero-order valence-corrected chi connectivity index (χ0v) is 14.5. The van der Waals surface area contributed by atoms with E-state index in [-0.39, 0.29) is 0 Å². The maximum absolute atomic E-state index is 14.5. The summed E-state index contributed by atoms with van der Waals surface area (Å²) in [5.74, 6) is 0.233. The summed E-state index contributed by atoms with van der Waals surface area (Å²) >= 11 is 0. The SMILES string of the molecule is Fc1cnccc1-c1cc2nc(-c3cccnc3)[nH]c2nc1-c1cccnc1. The van der Waals surface area contributed by atoms with E-state index >= 15 is 0 Å². The number of nitrogens with one attached hydrogen (secondary N) is 1. The van der Waals surface area contributed by atoms with Gasteiger partial charge in [-0.15, -0.1) is 0 Å². The minimum atomic E-state index is -0.420. The second kappa shape index (κ2) is 6.62. The number of H-pyrrole nitrogens is 1. The number of rotatable bonds is 3. The molecule has 0 aromatic carbocycles. The molecular formula is C21H13FN6. The molecular weight excluding hydrogens is 355 g/mol. The first kappa shape index (κ1) is 16.2. The van der Waals surface area contributed by atoms with Gasteiger partial charge < -0.3 is 4.98 Å². The summed E-state index contributed by atoms with van der Waals surface area (Å²) < 4.78 is 14.5. The van der Waals surface area contributed by atoms with E-state index in [0.717, 1.165) is 11.1 Å². The minimum absolute atomic E-state index is 0.411. The van der Waals surface area contributed by atoms with Crippen LogP contribution in [-0.4, -0.2) is 29.9 Å². The van der Waals surface area contributed by atoms with Gasteiger partial charge in [0.25, 0.3) is 0 Å². The molecule has 0 aliphatic carbocycles. The number of hydrogen-bond acceptors (Lipinski definition) is 5. The minimum Gasteiger partial charge on any atom is -0.323 e. The Morgan fingerprint density at radius 3 is 2.21 bits per heavy atom. The highest BCUT2D eigenvalue weighted by Gasteiger charge is 2.17. The molecule has 0 atom stereocenters. The molecule has 7 heteroatoms. The smallest absolute Gasteiger partial charge is 0.158 e. The summed E-state index contributed by atoms with van der Waals surface area (Å²) in [7, 11) is 0. The number of aromatic nitrogens is 6. The van der Waals surface area contributed by atoms with Crippen molar-refractivity contribution >= 4 is 11.2 Å². The third-order valence-corrected chi connectivity index (χ3v) is 4.40. The molecule has 5 rings (SSSR count). The van der Waals surface area contributed by atoms with Gasteiger partial charge in [-0.25, -0.2) is 14.4 Å². The van der Waals surface area contributed by atoms with Crippen LogP contribution in [0.2, 0.25) is 0 Å². The van der Waals surface area contributed by atoms with E-state index in [2.05, 4.69) is 24.9 Å². The van der Waals surface area contributed by atoms with E-state index in [9.17, 15) is 4.39 Å². The van der Waals surface area contributed by atoms with Crippen LogP contribution >= 0.6 is 0 Å². The summed E-state index contributed by atoms with van der Waals surface area (Å²) in [6, 6.07) is 10.9. The van der Waals surface area contributed by atoms with Crippen molar-refractivity contribution in [2.24, 2.45) is 0 Å². The highest BCUT2D eigenvalue weighted by molar-refractivity contribution is 5.89. The highest BCUT2D eigenvalue weighted by Crippen LogP contribution is 2.34. The van der Waals surface area contributed by atoms with Crippen molar-refractivity contribution in [3.05, 3.63) is 79.4 Å². The summed E-state index contributed by atoms with van der Waals surface area (Å²) in [6.07, 6.45) is 9.57. The summed E-state index contributed by atoms with van der Waals surface area (Å²) in [5, 5.41) is 0. The van der Waals surface area contributed by atoms with Crippen LogP contribution in [0.4, 0.5) is 4.39 Å². The highest BCUT2D eigenvalue weighted by atomic mass is 19.1. The maximum atomic E-state index is 14.5. The molecule has 134 valence electrons. The molecule has 0 aliphatic rings. The Labute approximate surface area is 159 Å². The Bertz CT molecular complexity index is 1270. The summed E-state index contributed by atoms with van der Waals surface area (Å²) in [6.45, 7) is 0. The lowest BCUT2D eigenvalue weighted by atomic mass is 10.0. The van der Waals surface area contributed by atoms with Crippen molar-refractivity contribution in [3.63, 3.8) is 0 Å². The Hall–Kier alpha value is -4.00. The molecule has 5 aromatic rings. The molecule has 0 amide bonds. The zero-order chi connectivity index (χ0) is 18.9. The molecule has 1 N–H and O–H groups in total. The number of hydrogen-bond donors (Lipinski definition) is 1. The zero-order valence-electron chi connectivity index (χ0n) is 14.5. The van der Waals surface area contributed by atoms with Crippen molar-refractivity contribution < 1.29 is 4.39 Å². The third kappa shape index (κ3) is 2.79. The van der Waals surface area contributed by atoms with Crippen LogP contribution in [0.5, 0.6) is 0 Å². The quantitative estimate of drug-likeness (QED) is 0.514. The lowest BCUT2D eigenvalue weighted by Crippen LogP contribution is -1.94. The van der Waals surface area contributed by atoms with Gasteiger partial charge in [-0.2, -0.15) is 0 Å². The Kier molecular flexibility index (Phi) is 3.83. The molecule has 6 nitrogen and oxygen atoms in total. The number of nitrogens with zero attached hydrogens (tertiary/aromatic N) is 5. The second-order valence-corrected chi connectivity index (χ2v) is 6.18. The normalized spacial score (nSPS) is 11.0. The monoisotopic (exact) mass is 368 g/mol. The number of fused-ring (bicyclic) bond motifs is 1. The van der Waals surface area contributed by atoms with E-state index in [1.165, 1.54) is 6.20 Å². The summed E-state index contributed by atoms with van der Waals surface area (Å²) in [4.78, 5) is 24.7. The molecule has 0 radical (unpaired) electrons. The lowest BCUT2D eigenvalue weighted by molar-refractivity contribution is 0.625. The number of aromatic amines is 1. The van der Waals surface area contributed by atoms with Crippen molar-refractivity contribution in [2.45, 2.75) is 0 Å².